The maximum Gasteiger partial charge on any atom is 0.288 e. The van der Waals surface area contributed by atoms with E-state index in [0.29, 0.717) is 5.69 Å². The SMILES string of the molecule is C=CCN(C(=O)c1ccc(Cl)c([N+](=O)[O-])c1)C1CC(=O)N(c2ccc(I)cc2)C1=O. The van der Waals surface area contributed by atoms with Crippen molar-refractivity contribution in [3.63, 3.8) is 0 Å². The van der Waals surface area contributed by atoms with Crippen LogP contribution in [0.1, 0.15) is 16.8 Å². The van der Waals surface area contributed by atoms with Gasteiger partial charge in [-0.25, -0.2) is 4.90 Å². The van der Waals surface area contributed by atoms with E-state index in [-0.39, 0.29) is 23.6 Å². The molecule has 10 heteroatoms. The minimum atomic E-state index is -1.04. The van der Waals surface area contributed by atoms with Gasteiger partial charge in [-0.15, -0.1) is 6.58 Å². The van der Waals surface area contributed by atoms with Crippen LogP contribution >= 0.6 is 34.2 Å². The predicted octanol–water partition coefficient (Wildman–Crippen LogP) is 3.81. The Morgan fingerprint density at radius 2 is 1.97 bits per heavy atom. The number of nitrogens with zero attached hydrogens (tertiary/aromatic N) is 3. The second-order valence-electron chi connectivity index (χ2n) is 6.43. The molecule has 30 heavy (non-hydrogen) atoms. The van der Waals surface area contributed by atoms with E-state index in [4.69, 9.17) is 11.6 Å². The third-order valence-corrected chi connectivity index (χ3v) is 5.60. The Hall–Kier alpha value is -2.79. The van der Waals surface area contributed by atoms with E-state index in [1.807, 2.05) is 0 Å². The number of carbonyl (C=O) groups excluding carboxylic acids is 3. The van der Waals surface area contributed by atoms with Crippen molar-refractivity contribution in [2.24, 2.45) is 0 Å². The highest BCUT2D eigenvalue weighted by Crippen LogP contribution is 2.29. The summed E-state index contributed by atoms with van der Waals surface area (Å²) in [6, 6.07) is 9.44. The largest absolute Gasteiger partial charge is 0.322 e. The molecule has 1 heterocycles. The summed E-state index contributed by atoms with van der Waals surface area (Å²) in [7, 11) is 0. The molecule has 8 nitrogen and oxygen atoms in total. The molecule has 3 rings (SSSR count). The van der Waals surface area contributed by atoms with Gasteiger partial charge in [0.25, 0.3) is 17.5 Å². The van der Waals surface area contributed by atoms with Crippen LogP contribution < -0.4 is 4.90 Å². The summed E-state index contributed by atoms with van der Waals surface area (Å²) < 4.78 is 0.944. The average molecular weight is 540 g/mol. The summed E-state index contributed by atoms with van der Waals surface area (Å²) in [5.41, 5.74) is -0.0163. The van der Waals surface area contributed by atoms with Crippen LogP contribution in [-0.2, 0) is 9.59 Å². The number of hydrogen-bond acceptors (Lipinski definition) is 5. The van der Waals surface area contributed by atoms with Crippen LogP contribution in [0.5, 0.6) is 0 Å². The average Bonchev–Trinajstić information content (AvgIpc) is 3.00. The predicted molar refractivity (Wildman–Crippen MR) is 119 cm³/mol. The Kier molecular flexibility index (Phi) is 6.52. The standard InChI is InChI=1S/C20H15ClIN3O5/c1-2-9-23(19(27)12-3-8-15(21)16(10-12)25(29)30)17-11-18(26)24(20(17)28)14-6-4-13(22)5-7-14/h2-8,10,17H,1,9,11H2. The number of rotatable bonds is 6. The quantitative estimate of drug-likeness (QED) is 0.183. The van der Waals surface area contributed by atoms with E-state index >= 15 is 0 Å². The third-order valence-electron chi connectivity index (χ3n) is 4.56. The first-order valence-corrected chi connectivity index (χ1v) is 10.2. The van der Waals surface area contributed by atoms with Crippen molar-refractivity contribution in [2.75, 3.05) is 11.4 Å². The molecule has 1 unspecified atom stereocenters. The van der Waals surface area contributed by atoms with Crippen LogP contribution in [0.2, 0.25) is 5.02 Å². The van der Waals surface area contributed by atoms with E-state index in [1.165, 1.54) is 23.1 Å². The molecule has 1 saturated heterocycles. The molecule has 1 fully saturated rings. The first-order chi connectivity index (χ1) is 14.2. The zero-order valence-corrected chi connectivity index (χ0v) is 18.4. The summed E-state index contributed by atoms with van der Waals surface area (Å²) in [5, 5.41) is 11.0. The number of nitro benzene ring substituents is 1. The molecule has 2 aromatic rings. The van der Waals surface area contributed by atoms with E-state index in [1.54, 1.807) is 24.3 Å². The van der Waals surface area contributed by atoms with E-state index in [2.05, 4.69) is 29.2 Å². The van der Waals surface area contributed by atoms with E-state index in [9.17, 15) is 24.5 Å². The molecule has 0 radical (unpaired) electrons. The maximum atomic E-state index is 13.1. The second kappa shape index (κ2) is 8.92. The molecule has 0 aromatic heterocycles. The van der Waals surface area contributed by atoms with Gasteiger partial charge in [0.05, 0.1) is 17.0 Å². The molecule has 1 atom stereocenters. The van der Waals surface area contributed by atoms with Gasteiger partial charge < -0.3 is 4.90 Å². The van der Waals surface area contributed by atoms with Crippen molar-refractivity contribution in [1.82, 2.24) is 4.90 Å². The van der Waals surface area contributed by atoms with Gasteiger partial charge in [0, 0.05) is 21.7 Å². The van der Waals surface area contributed by atoms with Crippen molar-refractivity contribution in [3.05, 3.63) is 79.4 Å². The van der Waals surface area contributed by atoms with Gasteiger partial charge in [0.2, 0.25) is 5.91 Å². The summed E-state index contributed by atoms with van der Waals surface area (Å²) in [6.07, 6.45) is 1.23. The summed E-state index contributed by atoms with van der Waals surface area (Å²) in [6.45, 7) is 3.59. The highest BCUT2D eigenvalue weighted by Gasteiger charge is 2.44. The third kappa shape index (κ3) is 4.21. The van der Waals surface area contributed by atoms with Gasteiger partial charge >= 0.3 is 0 Å². The van der Waals surface area contributed by atoms with Crippen molar-refractivity contribution >= 4 is 63.3 Å². The van der Waals surface area contributed by atoms with Crippen LogP contribution in [0.25, 0.3) is 0 Å². The molecular formula is C20H15ClIN3O5. The Morgan fingerprint density at radius 1 is 1.30 bits per heavy atom. The smallest absolute Gasteiger partial charge is 0.288 e. The number of anilines is 1. The lowest BCUT2D eigenvalue weighted by molar-refractivity contribution is -0.384. The monoisotopic (exact) mass is 539 g/mol. The number of hydrogen-bond donors (Lipinski definition) is 0. The van der Waals surface area contributed by atoms with Gasteiger partial charge in [-0.2, -0.15) is 0 Å². The Balaban J connectivity index is 1.94. The van der Waals surface area contributed by atoms with Crippen LogP contribution in [0.4, 0.5) is 11.4 Å². The van der Waals surface area contributed by atoms with Gasteiger partial charge in [0.15, 0.2) is 0 Å². The highest BCUT2D eigenvalue weighted by molar-refractivity contribution is 14.1. The van der Waals surface area contributed by atoms with Crippen molar-refractivity contribution < 1.29 is 19.3 Å². The lowest BCUT2D eigenvalue weighted by Crippen LogP contribution is -2.45. The molecule has 0 spiro atoms. The highest BCUT2D eigenvalue weighted by atomic mass is 127. The normalized spacial score (nSPS) is 15.9. The molecule has 1 aliphatic rings. The minimum absolute atomic E-state index is 0.0130. The number of amides is 3. The van der Waals surface area contributed by atoms with Gasteiger partial charge in [-0.3, -0.25) is 24.5 Å². The number of halogens is 2. The zero-order chi connectivity index (χ0) is 22.0. The molecule has 0 saturated carbocycles. The molecule has 3 amide bonds. The maximum absolute atomic E-state index is 13.1. The van der Waals surface area contributed by atoms with Crippen LogP contribution in [0.3, 0.4) is 0 Å². The number of nitro groups is 1. The number of benzene rings is 2. The fourth-order valence-electron chi connectivity index (χ4n) is 3.16. The Labute approximate surface area is 190 Å². The van der Waals surface area contributed by atoms with Gasteiger partial charge in [-0.1, -0.05) is 17.7 Å². The van der Waals surface area contributed by atoms with Crippen LogP contribution in [0, 0.1) is 13.7 Å². The molecule has 154 valence electrons. The lowest BCUT2D eigenvalue weighted by atomic mass is 10.1. The van der Waals surface area contributed by atoms with E-state index in [0.717, 1.165) is 14.5 Å². The van der Waals surface area contributed by atoms with Crippen molar-refractivity contribution in [3.8, 4) is 0 Å². The number of carbonyl (C=O) groups is 3. The van der Waals surface area contributed by atoms with Crippen LogP contribution in [0.15, 0.2) is 55.1 Å². The summed E-state index contributed by atoms with van der Waals surface area (Å²) >= 11 is 7.93. The fourth-order valence-corrected chi connectivity index (χ4v) is 3.71. The Bertz CT molecular complexity index is 1060. The molecular weight excluding hydrogens is 525 g/mol. The van der Waals surface area contributed by atoms with Gasteiger partial charge in [0.1, 0.15) is 11.1 Å². The first-order valence-electron chi connectivity index (χ1n) is 8.72. The van der Waals surface area contributed by atoms with Gasteiger partial charge in [-0.05, 0) is 59.0 Å². The van der Waals surface area contributed by atoms with Crippen molar-refractivity contribution in [1.29, 1.82) is 0 Å². The molecule has 1 aliphatic heterocycles. The Morgan fingerprint density at radius 3 is 2.57 bits per heavy atom. The fraction of sp³-hybridized carbons (Fsp3) is 0.150. The zero-order valence-electron chi connectivity index (χ0n) is 15.5. The van der Waals surface area contributed by atoms with Crippen molar-refractivity contribution in [2.45, 2.75) is 12.5 Å². The molecule has 0 N–H and O–H groups in total. The lowest BCUT2D eigenvalue weighted by Gasteiger charge is -2.26. The molecule has 2 aromatic carbocycles. The van der Waals surface area contributed by atoms with Crippen LogP contribution in [-0.4, -0.2) is 40.1 Å². The first kappa shape index (κ1) is 21.9. The second-order valence-corrected chi connectivity index (χ2v) is 8.09. The number of imide groups is 1. The molecule has 0 aliphatic carbocycles. The minimum Gasteiger partial charge on any atom is -0.322 e. The summed E-state index contributed by atoms with van der Waals surface area (Å²) in [5.74, 6) is -1.61. The topological polar surface area (TPSA) is 101 Å². The summed E-state index contributed by atoms with van der Waals surface area (Å²) in [4.78, 5) is 51.4. The molecule has 0 bridgehead atoms. The van der Waals surface area contributed by atoms with E-state index < -0.39 is 34.4 Å².